The fraction of sp³-hybridized carbons (Fsp3) is 0.192. The van der Waals surface area contributed by atoms with E-state index >= 15 is 0 Å². The van der Waals surface area contributed by atoms with Crippen LogP contribution in [0.4, 0.5) is 0 Å². The van der Waals surface area contributed by atoms with Crippen LogP contribution in [-0.4, -0.2) is 42.6 Å². The zero-order chi connectivity index (χ0) is 24.6. The molecular formula is C26H27N7O2. The van der Waals surface area contributed by atoms with Gasteiger partial charge in [-0.15, -0.1) is 0 Å². The summed E-state index contributed by atoms with van der Waals surface area (Å²) in [6.45, 7) is 4.75. The van der Waals surface area contributed by atoms with Crippen molar-refractivity contribution in [1.29, 1.82) is 0 Å². The van der Waals surface area contributed by atoms with Crippen LogP contribution in [0.15, 0.2) is 73.2 Å². The molecule has 0 unspecified atom stereocenters. The minimum atomic E-state index is -0.245. The molecule has 0 aliphatic heterocycles. The Morgan fingerprint density at radius 1 is 1.03 bits per heavy atom. The predicted molar refractivity (Wildman–Crippen MR) is 133 cm³/mol. The number of hydrogen-bond donors (Lipinski definition) is 2. The van der Waals surface area contributed by atoms with Crippen molar-refractivity contribution in [1.82, 2.24) is 34.9 Å². The Kier molecular flexibility index (Phi) is 7.59. The first-order valence-electron chi connectivity index (χ1n) is 11.2. The van der Waals surface area contributed by atoms with Gasteiger partial charge in [0.1, 0.15) is 12.2 Å². The van der Waals surface area contributed by atoms with Gasteiger partial charge in [0, 0.05) is 30.9 Å². The third kappa shape index (κ3) is 6.15. The molecule has 0 saturated heterocycles. The largest absolute Gasteiger partial charge is 0.469 e. The standard InChI is InChI=1S/C23H21N7.C3H6O2/c1-16-6-5-9-19(27-16)23-22(18-10-11-21-25-15-26-30(21)14-18)28-20(29-23)13-24-12-17-7-3-2-4-8-17;1-3(4)5-2/h2-11,14-15,24H,12-13H2,1H3,(H,28,29);1-2H3. The molecule has 0 radical (unpaired) electrons. The van der Waals surface area contributed by atoms with Gasteiger partial charge in [0.2, 0.25) is 0 Å². The molecule has 4 aromatic heterocycles. The summed E-state index contributed by atoms with van der Waals surface area (Å²) in [5.74, 6) is 0.614. The van der Waals surface area contributed by atoms with E-state index in [1.54, 1.807) is 10.8 Å². The zero-order valence-corrected chi connectivity index (χ0v) is 19.9. The second-order valence-electron chi connectivity index (χ2n) is 7.84. The van der Waals surface area contributed by atoms with Crippen LogP contribution in [0.2, 0.25) is 0 Å². The number of pyridine rings is 2. The van der Waals surface area contributed by atoms with Crippen molar-refractivity contribution < 1.29 is 9.53 Å². The number of nitrogens with zero attached hydrogens (tertiary/aromatic N) is 5. The van der Waals surface area contributed by atoms with Gasteiger partial charge in [-0.25, -0.2) is 14.5 Å². The zero-order valence-electron chi connectivity index (χ0n) is 19.9. The van der Waals surface area contributed by atoms with Gasteiger partial charge in [0.15, 0.2) is 5.65 Å². The lowest BCUT2D eigenvalue weighted by atomic mass is 10.1. The van der Waals surface area contributed by atoms with E-state index in [-0.39, 0.29) is 5.97 Å². The average Bonchev–Trinajstić information content (AvgIpc) is 3.52. The molecule has 0 fully saturated rings. The quantitative estimate of drug-likeness (QED) is 0.362. The van der Waals surface area contributed by atoms with Gasteiger partial charge in [0.05, 0.1) is 30.7 Å². The van der Waals surface area contributed by atoms with Crippen LogP contribution < -0.4 is 5.32 Å². The van der Waals surface area contributed by atoms with E-state index in [0.717, 1.165) is 46.4 Å². The molecule has 0 bridgehead atoms. The number of esters is 1. The van der Waals surface area contributed by atoms with Crippen molar-refractivity contribution in [2.45, 2.75) is 26.9 Å². The molecule has 2 N–H and O–H groups in total. The summed E-state index contributed by atoms with van der Waals surface area (Å²) in [4.78, 5) is 26.9. The highest BCUT2D eigenvalue weighted by Gasteiger charge is 2.16. The van der Waals surface area contributed by atoms with Crippen LogP contribution in [0.5, 0.6) is 0 Å². The van der Waals surface area contributed by atoms with Crippen LogP contribution in [0, 0.1) is 6.92 Å². The number of aryl methyl sites for hydroxylation is 1. The summed E-state index contributed by atoms with van der Waals surface area (Å²) >= 11 is 0. The lowest BCUT2D eigenvalue weighted by Crippen LogP contribution is -2.13. The molecule has 0 aliphatic carbocycles. The topological polar surface area (TPSA) is 110 Å². The van der Waals surface area contributed by atoms with E-state index in [4.69, 9.17) is 9.97 Å². The number of carbonyl (C=O) groups excluding carboxylic acids is 1. The van der Waals surface area contributed by atoms with Gasteiger partial charge in [-0.05, 0) is 36.8 Å². The van der Waals surface area contributed by atoms with Gasteiger partial charge >= 0.3 is 5.97 Å². The van der Waals surface area contributed by atoms with Crippen molar-refractivity contribution in [3.63, 3.8) is 0 Å². The summed E-state index contributed by atoms with van der Waals surface area (Å²) in [6, 6.07) is 20.3. The lowest BCUT2D eigenvalue weighted by Gasteiger charge is -2.04. The summed E-state index contributed by atoms with van der Waals surface area (Å²) in [5, 5.41) is 7.71. The van der Waals surface area contributed by atoms with Crippen molar-refractivity contribution in [2.24, 2.45) is 0 Å². The molecular weight excluding hydrogens is 442 g/mol. The van der Waals surface area contributed by atoms with E-state index in [0.29, 0.717) is 6.54 Å². The fourth-order valence-corrected chi connectivity index (χ4v) is 3.46. The number of aromatic nitrogens is 6. The number of aromatic amines is 1. The van der Waals surface area contributed by atoms with Crippen molar-refractivity contribution in [2.75, 3.05) is 7.11 Å². The van der Waals surface area contributed by atoms with E-state index < -0.39 is 0 Å². The average molecular weight is 470 g/mol. The first-order valence-corrected chi connectivity index (χ1v) is 11.2. The third-order valence-corrected chi connectivity index (χ3v) is 5.20. The van der Waals surface area contributed by atoms with Crippen LogP contribution in [0.25, 0.3) is 28.3 Å². The minimum Gasteiger partial charge on any atom is -0.469 e. The number of carbonyl (C=O) groups is 1. The van der Waals surface area contributed by atoms with Gasteiger partial charge in [0.25, 0.3) is 0 Å². The number of ether oxygens (including phenoxy) is 1. The highest BCUT2D eigenvalue weighted by molar-refractivity contribution is 5.77. The molecule has 0 saturated carbocycles. The number of methoxy groups -OCH3 is 1. The number of benzene rings is 1. The maximum atomic E-state index is 9.59. The number of fused-ring (bicyclic) bond motifs is 1. The Morgan fingerprint density at radius 3 is 2.57 bits per heavy atom. The molecule has 0 amide bonds. The first kappa shape index (κ1) is 23.8. The maximum Gasteiger partial charge on any atom is 0.302 e. The van der Waals surface area contributed by atoms with Crippen LogP contribution in [0.1, 0.15) is 24.0 Å². The monoisotopic (exact) mass is 469 g/mol. The van der Waals surface area contributed by atoms with Gasteiger partial charge in [-0.3, -0.25) is 9.78 Å². The summed E-state index contributed by atoms with van der Waals surface area (Å²) < 4.78 is 5.87. The van der Waals surface area contributed by atoms with Gasteiger partial charge in [-0.2, -0.15) is 5.10 Å². The number of rotatable bonds is 6. The number of H-pyrrole nitrogens is 1. The Morgan fingerprint density at radius 2 is 1.83 bits per heavy atom. The van der Waals surface area contributed by atoms with Crippen LogP contribution >= 0.6 is 0 Å². The second-order valence-corrected chi connectivity index (χ2v) is 7.84. The van der Waals surface area contributed by atoms with Gasteiger partial charge in [-0.1, -0.05) is 36.4 Å². The van der Waals surface area contributed by atoms with E-state index in [9.17, 15) is 4.79 Å². The Hall–Kier alpha value is -4.37. The van der Waals surface area contributed by atoms with Crippen molar-refractivity contribution in [3.8, 4) is 22.6 Å². The molecule has 35 heavy (non-hydrogen) atoms. The summed E-state index contributed by atoms with van der Waals surface area (Å²) in [6.07, 6.45) is 3.49. The van der Waals surface area contributed by atoms with Crippen molar-refractivity contribution >= 4 is 11.6 Å². The molecule has 5 aromatic rings. The summed E-state index contributed by atoms with van der Waals surface area (Å²) in [7, 11) is 1.35. The maximum absolute atomic E-state index is 9.59. The molecule has 5 rings (SSSR count). The number of hydrogen-bond acceptors (Lipinski definition) is 7. The molecule has 1 aromatic carbocycles. The number of imidazole rings is 1. The highest BCUT2D eigenvalue weighted by atomic mass is 16.5. The molecule has 0 spiro atoms. The predicted octanol–water partition coefficient (Wildman–Crippen LogP) is 3.96. The molecule has 9 nitrogen and oxygen atoms in total. The smallest absolute Gasteiger partial charge is 0.302 e. The molecule has 4 heterocycles. The number of nitrogens with one attached hydrogen (secondary N) is 2. The van der Waals surface area contributed by atoms with E-state index in [1.807, 2.05) is 61.7 Å². The third-order valence-electron chi connectivity index (χ3n) is 5.20. The van der Waals surface area contributed by atoms with Crippen molar-refractivity contribution in [3.05, 3.63) is 90.3 Å². The molecule has 178 valence electrons. The molecule has 0 aliphatic rings. The normalized spacial score (nSPS) is 10.6. The summed E-state index contributed by atoms with van der Waals surface area (Å²) in [5.41, 5.74) is 6.57. The van der Waals surface area contributed by atoms with Crippen LogP contribution in [0.3, 0.4) is 0 Å². The Bertz CT molecular complexity index is 1410. The van der Waals surface area contributed by atoms with Crippen LogP contribution in [-0.2, 0) is 22.6 Å². The molecule has 0 atom stereocenters. The fourth-order valence-electron chi connectivity index (χ4n) is 3.46. The highest BCUT2D eigenvalue weighted by Crippen LogP contribution is 2.29. The second kappa shape index (κ2) is 11.2. The molecule has 9 heteroatoms. The SMILES string of the molecule is COC(C)=O.Cc1cccc(-c2[nH]c(CNCc3ccccc3)nc2-c2ccc3ncnn3c2)n1. The Labute approximate surface area is 203 Å². The first-order chi connectivity index (χ1) is 17.0. The minimum absolute atomic E-state index is 0.245. The van der Waals surface area contributed by atoms with E-state index in [1.165, 1.54) is 19.6 Å². The Balaban J connectivity index is 0.000000527. The van der Waals surface area contributed by atoms with Gasteiger partial charge < -0.3 is 15.0 Å². The lowest BCUT2D eigenvalue weighted by molar-refractivity contribution is -0.137. The van der Waals surface area contributed by atoms with E-state index in [2.05, 4.69) is 37.3 Å².